The number of hydrogen-bond acceptors (Lipinski definition) is 4. The van der Waals surface area contributed by atoms with Crippen molar-refractivity contribution in [3.63, 3.8) is 0 Å². The lowest BCUT2D eigenvalue weighted by Crippen LogP contribution is -2.20. The maximum atomic E-state index is 11.1. The van der Waals surface area contributed by atoms with Crippen molar-refractivity contribution in [1.82, 2.24) is 0 Å². The Kier molecular flexibility index (Phi) is 3.56. The SMILES string of the molecule is CC(C(=O)O)c1c(Br)cc(C=O)c2c1OCCO2. The predicted molar refractivity (Wildman–Crippen MR) is 66.6 cm³/mol. The van der Waals surface area contributed by atoms with Gasteiger partial charge in [0.25, 0.3) is 0 Å². The molecule has 6 heteroatoms. The second kappa shape index (κ2) is 4.97. The summed E-state index contributed by atoms with van der Waals surface area (Å²) in [5.41, 5.74) is 0.834. The highest BCUT2D eigenvalue weighted by atomic mass is 79.9. The Morgan fingerprint density at radius 3 is 2.61 bits per heavy atom. The topological polar surface area (TPSA) is 72.8 Å². The van der Waals surface area contributed by atoms with Gasteiger partial charge < -0.3 is 14.6 Å². The third kappa shape index (κ3) is 2.08. The van der Waals surface area contributed by atoms with E-state index >= 15 is 0 Å². The molecule has 0 aliphatic carbocycles. The molecule has 1 unspecified atom stereocenters. The molecule has 1 aromatic rings. The molecule has 1 aliphatic heterocycles. The first-order chi connectivity index (χ1) is 8.56. The van der Waals surface area contributed by atoms with E-state index in [2.05, 4.69) is 15.9 Å². The zero-order valence-corrected chi connectivity index (χ0v) is 11.2. The Bertz CT molecular complexity index is 512. The molecule has 0 fully saturated rings. The molecule has 18 heavy (non-hydrogen) atoms. The Morgan fingerprint density at radius 2 is 2.06 bits per heavy atom. The fourth-order valence-corrected chi connectivity index (χ4v) is 2.61. The first kappa shape index (κ1) is 12.9. The van der Waals surface area contributed by atoms with Crippen molar-refractivity contribution in [2.24, 2.45) is 0 Å². The molecule has 0 saturated carbocycles. The number of ether oxygens (including phenoxy) is 2. The number of carbonyl (C=O) groups excluding carboxylic acids is 1. The van der Waals surface area contributed by atoms with Crippen molar-refractivity contribution in [2.75, 3.05) is 13.2 Å². The van der Waals surface area contributed by atoms with Crippen LogP contribution in [-0.4, -0.2) is 30.6 Å². The molecule has 1 heterocycles. The van der Waals surface area contributed by atoms with Crippen LogP contribution in [0.2, 0.25) is 0 Å². The highest BCUT2D eigenvalue weighted by Gasteiger charge is 2.28. The Morgan fingerprint density at radius 1 is 1.44 bits per heavy atom. The number of aliphatic carboxylic acids is 1. The zero-order valence-electron chi connectivity index (χ0n) is 9.60. The number of benzene rings is 1. The van der Waals surface area contributed by atoms with Crippen molar-refractivity contribution in [2.45, 2.75) is 12.8 Å². The fraction of sp³-hybridized carbons (Fsp3) is 0.333. The van der Waals surface area contributed by atoms with Crippen LogP contribution in [-0.2, 0) is 4.79 Å². The number of halogens is 1. The van der Waals surface area contributed by atoms with Gasteiger partial charge in [-0.05, 0) is 13.0 Å². The second-order valence-corrected chi connectivity index (χ2v) is 4.75. The van der Waals surface area contributed by atoms with Gasteiger partial charge in [-0.2, -0.15) is 0 Å². The third-order valence-corrected chi connectivity index (χ3v) is 3.42. The van der Waals surface area contributed by atoms with Gasteiger partial charge >= 0.3 is 5.97 Å². The number of rotatable bonds is 3. The van der Waals surface area contributed by atoms with Gasteiger partial charge in [0.15, 0.2) is 17.8 Å². The molecule has 1 aliphatic rings. The van der Waals surface area contributed by atoms with Crippen LogP contribution in [0.1, 0.15) is 28.8 Å². The van der Waals surface area contributed by atoms with Crippen molar-refractivity contribution in [3.05, 3.63) is 21.7 Å². The fourth-order valence-electron chi connectivity index (χ4n) is 1.84. The molecule has 0 radical (unpaired) electrons. The van der Waals surface area contributed by atoms with E-state index in [4.69, 9.17) is 14.6 Å². The standard InChI is InChI=1S/C12H11BrO5/c1-6(12(15)16)9-8(13)4-7(5-14)10-11(9)18-3-2-17-10/h4-6H,2-3H2,1H3,(H,15,16). The van der Waals surface area contributed by atoms with Crippen LogP contribution in [0.5, 0.6) is 11.5 Å². The quantitative estimate of drug-likeness (QED) is 0.866. The molecule has 0 saturated heterocycles. The summed E-state index contributed by atoms with van der Waals surface area (Å²) in [6.45, 7) is 2.23. The lowest BCUT2D eigenvalue weighted by molar-refractivity contribution is -0.138. The minimum Gasteiger partial charge on any atom is -0.486 e. The molecule has 5 nitrogen and oxygen atoms in total. The first-order valence-electron chi connectivity index (χ1n) is 5.36. The average molecular weight is 315 g/mol. The smallest absolute Gasteiger partial charge is 0.310 e. The van der Waals surface area contributed by atoms with Crippen LogP contribution in [0.4, 0.5) is 0 Å². The molecule has 0 amide bonds. The molecular formula is C12H11BrO5. The van der Waals surface area contributed by atoms with Crippen LogP contribution in [0.25, 0.3) is 0 Å². The molecule has 0 spiro atoms. The summed E-state index contributed by atoms with van der Waals surface area (Å²) in [5.74, 6) is -1.06. The van der Waals surface area contributed by atoms with Gasteiger partial charge in [-0.15, -0.1) is 0 Å². The van der Waals surface area contributed by atoms with E-state index < -0.39 is 11.9 Å². The summed E-state index contributed by atoms with van der Waals surface area (Å²) in [7, 11) is 0. The predicted octanol–water partition coefficient (Wildman–Crippen LogP) is 2.22. The van der Waals surface area contributed by atoms with Crippen LogP contribution in [0.3, 0.4) is 0 Å². The van der Waals surface area contributed by atoms with Crippen LogP contribution in [0, 0.1) is 0 Å². The maximum Gasteiger partial charge on any atom is 0.310 e. The van der Waals surface area contributed by atoms with Gasteiger partial charge in [-0.25, -0.2) is 0 Å². The number of hydrogen-bond donors (Lipinski definition) is 1. The first-order valence-corrected chi connectivity index (χ1v) is 6.15. The van der Waals surface area contributed by atoms with Crippen molar-refractivity contribution in [1.29, 1.82) is 0 Å². The summed E-state index contributed by atoms with van der Waals surface area (Å²) < 4.78 is 11.4. The van der Waals surface area contributed by atoms with E-state index in [1.807, 2.05) is 0 Å². The number of fused-ring (bicyclic) bond motifs is 1. The largest absolute Gasteiger partial charge is 0.486 e. The van der Waals surface area contributed by atoms with Crippen molar-refractivity contribution < 1.29 is 24.2 Å². The summed E-state index contributed by atoms with van der Waals surface area (Å²) in [5, 5.41) is 9.10. The maximum absolute atomic E-state index is 11.1. The molecule has 2 rings (SSSR count). The number of carbonyl (C=O) groups is 2. The Hall–Kier alpha value is -1.56. The van der Waals surface area contributed by atoms with Gasteiger partial charge in [-0.3, -0.25) is 9.59 Å². The van der Waals surface area contributed by atoms with Crippen LogP contribution in [0.15, 0.2) is 10.5 Å². The van der Waals surface area contributed by atoms with E-state index in [0.717, 1.165) is 0 Å². The molecule has 1 aromatic carbocycles. The molecule has 0 bridgehead atoms. The van der Waals surface area contributed by atoms with Crippen LogP contribution >= 0.6 is 15.9 Å². The second-order valence-electron chi connectivity index (χ2n) is 3.89. The van der Waals surface area contributed by atoms with Gasteiger partial charge in [0.1, 0.15) is 13.2 Å². The van der Waals surface area contributed by atoms with Crippen molar-refractivity contribution in [3.8, 4) is 11.5 Å². The van der Waals surface area contributed by atoms with Gasteiger partial charge in [-0.1, -0.05) is 15.9 Å². The van der Waals surface area contributed by atoms with E-state index in [-0.39, 0.29) is 0 Å². The van der Waals surface area contributed by atoms with E-state index in [1.54, 1.807) is 13.0 Å². The molecular weight excluding hydrogens is 304 g/mol. The molecule has 96 valence electrons. The van der Waals surface area contributed by atoms with E-state index in [1.165, 1.54) is 0 Å². The number of carboxylic acid groups (broad SMARTS) is 1. The number of aldehydes is 1. The van der Waals surface area contributed by atoms with Gasteiger partial charge in [0.05, 0.1) is 11.5 Å². The average Bonchev–Trinajstić information content (AvgIpc) is 2.37. The molecule has 1 atom stereocenters. The zero-order chi connectivity index (χ0) is 13.3. The van der Waals surface area contributed by atoms with Crippen LogP contribution < -0.4 is 9.47 Å². The minimum absolute atomic E-state index is 0.322. The monoisotopic (exact) mass is 314 g/mol. The minimum atomic E-state index is -0.967. The third-order valence-electron chi connectivity index (χ3n) is 2.76. The van der Waals surface area contributed by atoms with E-state index in [9.17, 15) is 9.59 Å². The lowest BCUT2D eigenvalue weighted by atomic mass is 9.97. The van der Waals surface area contributed by atoms with Gasteiger partial charge in [0, 0.05) is 10.0 Å². The summed E-state index contributed by atoms with van der Waals surface area (Å²) in [6.07, 6.45) is 0.660. The Balaban J connectivity index is 2.66. The van der Waals surface area contributed by atoms with Gasteiger partial charge in [0.2, 0.25) is 0 Å². The number of carboxylic acids is 1. The molecule has 1 N–H and O–H groups in total. The summed E-state index contributed by atoms with van der Waals surface area (Å²) >= 11 is 3.28. The normalized spacial score (nSPS) is 15.0. The summed E-state index contributed by atoms with van der Waals surface area (Å²) in [6, 6.07) is 1.55. The highest BCUT2D eigenvalue weighted by Crippen LogP contribution is 2.44. The molecule has 0 aromatic heterocycles. The summed E-state index contributed by atoms with van der Waals surface area (Å²) in [4.78, 5) is 22.1. The van der Waals surface area contributed by atoms with Crippen molar-refractivity contribution >= 4 is 28.2 Å². The lowest BCUT2D eigenvalue weighted by Gasteiger charge is -2.24. The van der Waals surface area contributed by atoms with E-state index in [0.29, 0.717) is 46.6 Å². The highest BCUT2D eigenvalue weighted by molar-refractivity contribution is 9.10. The Labute approximate surface area is 112 Å².